The summed E-state index contributed by atoms with van der Waals surface area (Å²) in [6, 6.07) is 8.24. The smallest absolute Gasteiger partial charge is 0.232 e. The number of amides is 1. The van der Waals surface area contributed by atoms with E-state index in [0.29, 0.717) is 17.6 Å². The van der Waals surface area contributed by atoms with Gasteiger partial charge in [0.25, 0.3) is 0 Å². The fourth-order valence-electron chi connectivity index (χ4n) is 4.93. The van der Waals surface area contributed by atoms with Crippen LogP contribution in [0.25, 0.3) is 10.9 Å². The van der Waals surface area contributed by atoms with E-state index in [2.05, 4.69) is 33.0 Å². The molecule has 1 N–H and O–H groups in total. The van der Waals surface area contributed by atoms with Gasteiger partial charge in [0.1, 0.15) is 12.7 Å². The van der Waals surface area contributed by atoms with Gasteiger partial charge in [-0.2, -0.15) is 5.10 Å². The minimum atomic E-state index is -0.432. The lowest BCUT2D eigenvalue weighted by molar-refractivity contribution is -0.127. The van der Waals surface area contributed by atoms with E-state index in [0.717, 1.165) is 30.8 Å². The number of aliphatic hydroxyl groups excluding tert-OH is 1. The molecule has 1 saturated carbocycles. The van der Waals surface area contributed by atoms with Gasteiger partial charge in [0.2, 0.25) is 5.91 Å². The summed E-state index contributed by atoms with van der Waals surface area (Å²) in [6.45, 7) is 1.53. The normalized spacial score (nSPS) is 26.8. The Labute approximate surface area is 173 Å². The molecule has 1 aliphatic carbocycles. The van der Waals surface area contributed by atoms with E-state index in [1.807, 2.05) is 24.1 Å². The fourth-order valence-corrected chi connectivity index (χ4v) is 5.96. The van der Waals surface area contributed by atoms with Gasteiger partial charge in [-0.1, -0.05) is 18.2 Å². The van der Waals surface area contributed by atoms with Crippen molar-refractivity contribution in [2.75, 3.05) is 18.8 Å². The first-order valence-corrected chi connectivity index (χ1v) is 11.1. The molecule has 29 heavy (non-hydrogen) atoms. The van der Waals surface area contributed by atoms with Gasteiger partial charge < -0.3 is 14.6 Å². The van der Waals surface area contributed by atoms with Crippen LogP contribution in [0.15, 0.2) is 48.0 Å². The van der Waals surface area contributed by atoms with E-state index in [9.17, 15) is 9.90 Å². The standard InChI is InChI=1S/C21H25N5O2S/c1-24-10-20(16-4-2-3-5-17(16)24)29-11-21(28)25-8-14-6-18(26-13-22-12-23-26)19(27)7-15(14)9-25/h2-5,10,12-15,18-19,27H,6-9,11H2,1H3/t14-,15+,18-,19-/m1/s1. The molecule has 7 nitrogen and oxygen atoms in total. The highest BCUT2D eigenvalue weighted by Crippen LogP contribution is 2.41. The van der Waals surface area contributed by atoms with Gasteiger partial charge >= 0.3 is 0 Å². The molecular weight excluding hydrogens is 386 g/mol. The molecule has 8 heteroatoms. The third-order valence-electron chi connectivity index (χ3n) is 6.45. The largest absolute Gasteiger partial charge is 0.391 e. The molecule has 1 saturated heterocycles. The predicted octanol–water partition coefficient (Wildman–Crippen LogP) is 2.33. The van der Waals surface area contributed by atoms with Crippen molar-refractivity contribution in [2.45, 2.75) is 29.9 Å². The maximum Gasteiger partial charge on any atom is 0.232 e. The molecule has 0 bridgehead atoms. The van der Waals surface area contributed by atoms with E-state index >= 15 is 0 Å². The molecule has 0 radical (unpaired) electrons. The Balaban J connectivity index is 1.23. The summed E-state index contributed by atoms with van der Waals surface area (Å²) in [5.41, 5.74) is 1.18. The van der Waals surface area contributed by atoms with Crippen LogP contribution >= 0.6 is 11.8 Å². The Morgan fingerprint density at radius 1 is 1.24 bits per heavy atom. The molecule has 152 valence electrons. The van der Waals surface area contributed by atoms with Gasteiger partial charge in [0.05, 0.1) is 17.9 Å². The van der Waals surface area contributed by atoms with Crippen LogP contribution in [0.4, 0.5) is 0 Å². The Kier molecular flexibility index (Phi) is 4.83. The van der Waals surface area contributed by atoms with Crippen LogP contribution < -0.4 is 0 Å². The third-order valence-corrected chi connectivity index (χ3v) is 7.48. The average Bonchev–Trinajstić information content (AvgIpc) is 3.45. The molecule has 0 spiro atoms. The molecule has 1 aliphatic heterocycles. The molecule has 3 heterocycles. The van der Waals surface area contributed by atoms with Crippen molar-refractivity contribution in [3.8, 4) is 0 Å². The molecule has 1 amide bonds. The molecule has 0 unspecified atom stereocenters. The van der Waals surface area contributed by atoms with Gasteiger partial charge in [0.15, 0.2) is 0 Å². The first kappa shape index (κ1) is 18.7. The van der Waals surface area contributed by atoms with E-state index in [1.54, 1.807) is 22.8 Å². The molecule has 5 rings (SSSR count). The molecule has 3 aromatic rings. The summed E-state index contributed by atoms with van der Waals surface area (Å²) >= 11 is 1.61. The highest BCUT2D eigenvalue weighted by molar-refractivity contribution is 8.00. The van der Waals surface area contributed by atoms with Gasteiger partial charge in [-0.15, -0.1) is 11.8 Å². The lowest BCUT2D eigenvalue weighted by Crippen LogP contribution is -2.36. The van der Waals surface area contributed by atoms with Crippen LogP contribution in [-0.2, 0) is 11.8 Å². The number of hydrogen-bond acceptors (Lipinski definition) is 5. The number of hydrogen-bond donors (Lipinski definition) is 1. The average molecular weight is 412 g/mol. The van der Waals surface area contributed by atoms with Crippen molar-refractivity contribution in [1.82, 2.24) is 24.2 Å². The van der Waals surface area contributed by atoms with E-state index in [1.165, 1.54) is 17.2 Å². The third kappa shape index (κ3) is 3.44. The minimum absolute atomic E-state index is 0.0427. The Hall–Kier alpha value is -2.32. The maximum atomic E-state index is 12.9. The number of likely N-dealkylation sites (tertiary alicyclic amines) is 1. The number of benzene rings is 1. The summed E-state index contributed by atoms with van der Waals surface area (Å²) in [5, 5.41) is 16.0. The number of rotatable bonds is 4. The first-order chi connectivity index (χ1) is 14.1. The van der Waals surface area contributed by atoms with Crippen molar-refractivity contribution < 1.29 is 9.90 Å². The fraction of sp³-hybridized carbons (Fsp3) is 0.476. The number of carbonyl (C=O) groups excluding carboxylic acids is 1. The van der Waals surface area contributed by atoms with Crippen molar-refractivity contribution >= 4 is 28.6 Å². The number of thioether (sulfide) groups is 1. The molecule has 1 aromatic carbocycles. The highest BCUT2D eigenvalue weighted by atomic mass is 32.2. The second-order valence-electron chi connectivity index (χ2n) is 8.21. The molecular formula is C21H25N5O2S. The van der Waals surface area contributed by atoms with Crippen LogP contribution in [-0.4, -0.2) is 60.2 Å². The Morgan fingerprint density at radius 3 is 2.83 bits per heavy atom. The second-order valence-corrected chi connectivity index (χ2v) is 9.23. The number of aromatic nitrogens is 4. The number of nitrogens with zero attached hydrogens (tertiary/aromatic N) is 5. The molecule has 2 aliphatic rings. The van der Waals surface area contributed by atoms with E-state index in [-0.39, 0.29) is 11.9 Å². The summed E-state index contributed by atoms with van der Waals surface area (Å²) < 4.78 is 3.87. The zero-order valence-electron chi connectivity index (χ0n) is 16.4. The molecule has 4 atom stereocenters. The highest BCUT2D eigenvalue weighted by Gasteiger charge is 2.43. The van der Waals surface area contributed by atoms with Crippen LogP contribution in [0.1, 0.15) is 18.9 Å². The summed E-state index contributed by atoms with van der Waals surface area (Å²) in [4.78, 5) is 20.1. The number of carbonyl (C=O) groups is 1. The maximum absolute atomic E-state index is 12.9. The van der Waals surface area contributed by atoms with Crippen molar-refractivity contribution in [3.05, 3.63) is 43.1 Å². The molecule has 2 fully saturated rings. The first-order valence-electron chi connectivity index (χ1n) is 10.1. The van der Waals surface area contributed by atoms with Gasteiger partial charge in [-0.05, 0) is 30.7 Å². The lowest BCUT2D eigenvalue weighted by Gasteiger charge is -2.34. The van der Waals surface area contributed by atoms with Crippen molar-refractivity contribution in [1.29, 1.82) is 0 Å². The van der Waals surface area contributed by atoms with Gasteiger partial charge in [-0.25, -0.2) is 9.67 Å². The van der Waals surface area contributed by atoms with Crippen LogP contribution in [0.5, 0.6) is 0 Å². The van der Waals surface area contributed by atoms with Crippen LogP contribution in [0.3, 0.4) is 0 Å². The summed E-state index contributed by atoms with van der Waals surface area (Å²) in [5.74, 6) is 1.42. The number of aryl methyl sites for hydroxylation is 1. The SMILES string of the molecule is Cn1cc(SCC(=O)N2C[C@H]3C[C@@H](n4cncn4)[C@H](O)C[C@H]3C2)c2ccccc21. The van der Waals surface area contributed by atoms with Crippen molar-refractivity contribution in [2.24, 2.45) is 18.9 Å². The molecule has 2 aromatic heterocycles. The van der Waals surface area contributed by atoms with E-state index in [4.69, 9.17) is 0 Å². The van der Waals surface area contributed by atoms with Crippen LogP contribution in [0, 0.1) is 11.8 Å². The quantitative estimate of drug-likeness (QED) is 0.667. The number of para-hydroxylation sites is 1. The summed E-state index contributed by atoms with van der Waals surface area (Å²) in [7, 11) is 2.04. The van der Waals surface area contributed by atoms with E-state index < -0.39 is 6.10 Å². The Bertz CT molecular complexity index is 1020. The van der Waals surface area contributed by atoms with Gasteiger partial charge in [0, 0.05) is 42.1 Å². The summed E-state index contributed by atoms with van der Waals surface area (Å²) in [6.07, 6.45) is 6.41. The lowest BCUT2D eigenvalue weighted by atomic mass is 9.77. The monoisotopic (exact) mass is 411 g/mol. The predicted molar refractivity (Wildman–Crippen MR) is 112 cm³/mol. The second kappa shape index (κ2) is 7.50. The van der Waals surface area contributed by atoms with Crippen molar-refractivity contribution in [3.63, 3.8) is 0 Å². The zero-order valence-corrected chi connectivity index (χ0v) is 17.2. The zero-order chi connectivity index (χ0) is 20.0. The number of aliphatic hydroxyl groups is 1. The number of fused-ring (bicyclic) bond motifs is 2. The topological polar surface area (TPSA) is 76.2 Å². The van der Waals surface area contributed by atoms with Crippen LogP contribution in [0.2, 0.25) is 0 Å². The van der Waals surface area contributed by atoms with Gasteiger partial charge in [-0.3, -0.25) is 4.79 Å². The minimum Gasteiger partial charge on any atom is -0.391 e. The Morgan fingerprint density at radius 2 is 2.03 bits per heavy atom.